The van der Waals surface area contributed by atoms with Crippen LogP contribution >= 0.6 is 0 Å². The molecule has 1 aliphatic carbocycles. The van der Waals surface area contributed by atoms with E-state index in [9.17, 15) is 18.0 Å². The van der Waals surface area contributed by atoms with Crippen molar-refractivity contribution in [2.45, 2.75) is 37.4 Å². The first-order valence-corrected chi connectivity index (χ1v) is 8.82. The number of nitrogens with zero attached hydrogens (tertiary/aromatic N) is 2. The Hall–Kier alpha value is -2.37. The van der Waals surface area contributed by atoms with Crippen LogP contribution in [0.4, 0.5) is 13.2 Å². The van der Waals surface area contributed by atoms with E-state index in [1.54, 1.807) is 12.4 Å². The van der Waals surface area contributed by atoms with Gasteiger partial charge in [-0.3, -0.25) is 9.78 Å². The first-order valence-electron chi connectivity index (χ1n) is 8.82. The normalized spacial score (nSPS) is 25.3. The van der Waals surface area contributed by atoms with Gasteiger partial charge in [0.05, 0.1) is 11.6 Å². The van der Waals surface area contributed by atoms with Gasteiger partial charge in [0.25, 0.3) is 0 Å². The van der Waals surface area contributed by atoms with Crippen LogP contribution in [0.2, 0.25) is 0 Å². The topological polar surface area (TPSA) is 33.2 Å². The molecule has 136 valence electrons. The Labute approximate surface area is 149 Å². The van der Waals surface area contributed by atoms with E-state index in [0.717, 1.165) is 42.6 Å². The Balaban J connectivity index is 1.45. The van der Waals surface area contributed by atoms with Gasteiger partial charge < -0.3 is 4.90 Å². The number of amides is 1. The Morgan fingerprint density at radius 1 is 1.04 bits per heavy atom. The van der Waals surface area contributed by atoms with Crippen LogP contribution in [0.25, 0.3) is 0 Å². The van der Waals surface area contributed by atoms with Crippen molar-refractivity contribution in [1.29, 1.82) is 0 Å². The Morgan fingerprint density at radius 3 is 2.38 bits per heavy atom. The van der Waals surface area contributed by atoms with E-state index in [-0.39, 0.29) is 23.8 Å². The summed E-state index contributed by atoms with van der Waals surface area (Å²) in [6.45, 7) is 0.738. The van der Waals surface area contributed by atoms with Crippen LogP contribution in [0.5, 0.6) is 0 Å². The van der Waals surface area contributed by atoms with Gasteiger partial charge in [0.2, 0.25) is 5.91 Å². The van der Waals surface area contributed by atoms with Crippen molar-refractivity contribution in [3.05, 3.63) is 65.5 Å². The fourth-order valence-electron chi connectivity index (χ4n) is 3.93. The van der Waals surface area contributed by atoms with Crippen LogP contribution in [0.1, 0.15) is 47.9 Å². The van der Waals surface area contributed by atoms with Crippen molar-refractivity contribution in [3.8, 4) is 0 Å². The van der Waals surface area contributed by atoms with Gasteiger partial charge in [-0.15, -0.1) is 0 Å². The summed E-state index contributed by atoms with van der Waals surface area (Å²) in [5, 5.41) is 0. The van der Waals surface area contributed by atoms with Crippen molar-refractivity contribution < 1.29 is 18.0 Å². The number of halogens is 3. The highest BCUT2D eigenvalue weighted by molar-refractivity contribution is 5.83. The maximum Gasteiger partial charge on any atom is 0.416 e. The van der Waals surface area contributed by atoms with Crippen molar-refractivity contribution in [2.75, 3.05) is 6.54 Å². The van der Waals surface area contributed by atoms with Gasteiger partial charge in [-0.25, -0.2) is 0 Å². The number of rotatable bonds is 3. The maximum absolute atomic E-state index is 12.9. The zero-order chi connectivity index (χ0) is 18.3. The summed E-state index contributed by atoms with van der Waals surface area (Å²) in [6.07, 6.45) is 1.76. The number of alkyl halides is 3. The molecule has 0 spiro atoms. The van der Waals surface area contributed by atoms with Gasteiger partial charge in [-0.2, -0.15) is 13.2 Å². The third kappa shape index (κ3) is 3.20. The predicted molar refractivity (Wildman–Crippen MR) is 90.2 cm³/mol. The van der Waals surface area contributed by atoms with E-state index >= 15 is 0 Å². The molecular weight excluding hydrogens is 341 g/mol. The molecule has 3 nitrogen and oxygen atoms in total. The lowest BCUT2D eigenvalue weighted by molar-refractivity contribution is -0.137. The molecule has 2 heterocycles. The number of carbonyl (C=O) groups is 1. The number of aromatic nitrogens is 1. The Kier molecular flexibility index (Phi) is 4.21. The van der Waals surface area contributed by atoms with Gasteiger partial charge in [0.1, 0.15) is 0 Å². The third-order valence-electron chi connectivity index (χ3n) is 5.40. The quantitative estimate of drug-likeness (QED) is 0.803. The van der Waals surface area contributed by atoms with Crippen LogP contribution < -0.4 is 0 Å². The van der Waals surface area contributed by atoms with Crippen LogP contribution in [-0.2, 0) is 11.0 Å². The number of benzene rings is 1. The van der Waals surface area contributed by atoms with E-state index in [1.807, 2.05) is 17.0 Å². The highest BCUT2D eigenvalue weighted by atomic mass is 19.4. The van der Waals surface area contributed by atoms with Gasteiger partial charge in [0, 0.05) is 24.9 Å². The summed E-state index contributed by atoms with van der Waals surface area (Å²) in [5.74, 6) is 0.0341. The standard InChI is InChI=1S/C20H19F3N2O/c21-20(22,23)15-5-3-13(4-6-15)16-12-17(16)19(26)25-11-1-2-18(25)14-7-9-24-10-8-14/h3-10,16-18H,1-2,11-12H2. The molecule has 1 saturated carbocycles. The van der Waals surface area contributed by atoms with Crippen LogP contribution in [0.15, 0.2) is 48.8 Å². The first kappa shape index (κ1) is 17.1. The zero-order valence-electron chi connectivity index (χ0n) is 14.1. The SMILES string of the molecule is O=C(C1CC1c1ccc(C(F)(F)F)cc1)N1CCCC1c1ccncc1. The average Bonchev–Trinajstić information content (AvgIpc) is 3.29. The molecule has 2 aromatic rings. The summed E-state index contributed by atoms with van der Waals surface area (Å²) < 4.78 is 38.1. The number of hydrogen-bond acceptors (Lipinski definition) is 2. The number of pyridine rings is 1. The van der Waals surface area contributed by atoms with Gasteiger partial charge in [-0.1, -0.05) is 12.1 Å². The molecular formula is C20H19F3N2O. The molecule has 1 aliphatic heterocycles. The second-order valence-corrected chi connectivity index (χ2v) is 7.04. The van der Waals surface area contributed by atoms with E-state index in [4.69, 9.17) is 0 Å². The molecule has 0 N–H and O–H groups in total. The summed E-state index contributed by atoms with van der Waals surface area (Å²) in [6, 6.07) is 9.18. The molecule has 4 rings (SSSR count). The molecule has 0 radical (unpaired) electrons. The fourth-order valence-corrected chi connectivity index (χ4v) is 3.93. The monoisotopic (exact) mass is 360 g/mol. The molecule has 3 atom stereocenters. The van der Waals surface area contributed by atoms with Crippen LogP contribution in [0, 0.1) is 5.92 Å². The van der Waals surface area contributed by atoms with Gasteiger partial charge in [0.15, 0.2) is 0 Å². The average molecular weight is 360 g/mol. The van der Waals surface area contributed by atoms with E-state index in [2.05, 4.69) is 4.98 Å². The summed E-state index contributed by atoms with van der Waals surface area (Å²) in [4.78, 5) is 18.9. The largest absolute Gasteiger partial charge is 0.416 e. The first-order chi connectivity index (χ1) is 12.4. The van der Waals surface area contributed by atoms with Crippen molar-refractivity contribution in [1.82, 2.24) is 9.88 Å². The lowest BCUT2D eigenvalue weighted by atomic mass is 10.0. The number of likely N-dealkylation sites (tertiary alicyclic amines) is 1. The summed E-state index contributed by atoms with van der Waals surface area (Å²) in [5.41, 5.74) is 1.26. The summed E-state index contributed by atoms with van der Waals surface area (Å²) >= 11 is 0. The smallest absolute Gasteiger partial charge is 0.335 e. The maximum atomic E-state index is 12.9. The minimum absolute atomic E-state index is 0.0310. The molecule has 6 heteroatoms. The lowest BCUT2D eigenvalue weighted by Gasteiger charge is -2.25. The molecule has 26 heavy (non-hydrogen) atoms. The van der Waals surface area contributed by atoms with Crippen molar-refractivity contribution in [2.24, 2.45) is 5.92 Å². The highest BCUT2D eigenvalue weighted by Crippen LogP contribution is 2.50. The highest BCUT2D eigenvalue weighted by Gasteiger charge is 2.48. The summed E-state index contributed by atoms with van der Waals surface area (Å²) in [7, 11) is 0. The second kappa shape index (κ2) is 6.41. The molecule has 1 aromatic carbocycles. The fraction of sp³-hybridized carbons (Fsp3) is 0.400. The van der Waals surface area contributed by atoms with Gasteiger partial charge in [-0.05, 0) is 60.6 Å². The Morgan fingerprint density at radius 2 is 1.73 bits per heavy atom. The van der Waals surface area contributed by atoms with Crippen LogP contribution in [-0.4, -0.2) is 22.3 Å². The molecule has 2 fully saturated rings. The molecule has 1 aromatic heterocycles. The number of hydrogen-bond donors (Lipinski definition) is 0. The molecule has 2 aliphatic rings. The lowest BCUT2D eigenvalue weighted by Crippen LogP contribution is -2.32. The van der Waals surface area contributed by atoms with Crippen molar-refractivity contribution >= 4 is 5.91 Å². The number of carbonyl (C=O) groups excluding carboxylic acids is 1. The van der Waals surface area contributed by atoms with E-state index < -0.39 is 11.7 Å². The minimum atomic E-state index is -4.33. The minimum Gasteiger partial charge on any atom is -0.335 e. The Bertz CT molecular complexity index is 789. The third-order valence-corrected chi connectivity index (χ3v) is 5.40. The molecule has 3 unspecified atom stereocenters. The van der Waals surface area contributed by atoms with Crippen molar-refractivity contribution in [3.63, 3.8) is 0 Å². The van der Waals surface area contributed by atoms with E-state index in [0.29, 0.717) is 6.42 Å². The zero-order valence-corrected chi connectivity index (χ0v) is 14.1. The van der Waals surface area contributed by atoms with Crippen LogP contribution in [0.3, 0.4) is 0 Å². The molecule has 0 bridgehead atoms. The van der Waals surface area contributed by atoms with Gasteiger partial charge >= 0.3 is 6.18 Å². The van der Waals surface area contributed by atoms with E-state index in [1.165, 1.54) is 12.1 Å². The molecule has 1 saturated heterocycles. The second-order valence-electron chi connectivity index (χ2n) is 7.04. The predicted octanol–water partition coefficient (Wildman–Crippen LogP) is 4.57. The molecule has 1 amide bonds.